The van der Waals surface area contributed by atoms with Crippen molar-refractivity contribution >= 4 is 51.7 Å². The largest absolute Gasteiger partial charge is 0.467 e. The highest BCUT2D eigenvalue weighted by Crippen LogP contribution is 2.37. The number of para-hydroxylation sites is 1. The number of alkyl halides is 6. The molecule has 2 fully saturated rings. The third-order valence-corrected chi connectivity index (χ3v) is 8.60. The number of fused-ring (bicyclic) bond motifs is 1. The van der Waals surface area contributed by atoms with Crippen LogP contribution in [-0.2, 0) is 37.9 Å². The lowest BCUT2D eigenvalue weighted by atomic mass is 10.0. The van der Waals surface area contributed by atoms with E-state index in [-0.39, 0.29) is 19.0 Å². The number of nitrogens with zero attached hydrogens (tertiary/aromatic N) is 2. The summed E-state index contributed by atoms with van der Waals surface area (Å²) in [5.74, 6) is -1.51. The number of ether oxygens (including phenoxy) is 1. The van der Waals surface area contributed by atoms with Crippen molar-refractivity contribution in [3.05, 3.63) is 65.4 Å². The highest BCUT2D eigenvalue weighted by molar-refractivity contribution is 7.80. The first-order valence-electron chi connectivity index (χ1n) is 14.8. The van der Waals surface area contributed by atoms with Crippen molar-refractivity contribution in [2.24, 2.45) is 0 Å². The molecule has 0 saturated carbocycles. The van der Waals surface area contributed by atoms with E-state index in [0.717, 1.165) is 10.9 Å². The van der Waals surface area contributed by atoms with Crippen molar-refractivity contribution in [1.29, 1.82) is 0 Å². The van der Waals surface area contributed by atoms with E-state index < -0.39 is 70.2 Å². The van der Waals surface area contributed by atoms with E-state index in [0.29, 0.717) is 49.9 Å². The first-order chi connectivity index (χ1) is 22.2. The number of thiocarbonyl (C=S) groups is 1. The highest BCUT2D eigenvalue weighted by Gasteiger charge is 2.44. The van der Waals surface area contributed by atoms with Gasteiger partial charge in [-0.15, -0.1) is 0 Å². The number of nitrogens with one attached hydrogen (secondary N) is 3. The first kappa shape index (κ1) is 34.0. The van der Waals surface area contributed by atoms with E-state index in [4.69, 9.17) is 17.0 Å². The SMILES string of the molecule is COC(=O)C1CCCN1C(=O)[C@@H]1CCCN1C(=O)[C@H](Cc1c[nH]c2ccccc12)NC(=S)Nc1cc(C(F)(F)F)cc(C(F)(F)F)c1. The van der Waals surface area contributed by atoms with Gasteiger partial charge in [-0.1, -0.05) is 18.2 Å². The number of esters is 1. The van der Waals surface area contributed by atoms with Gasteiger partial charge in [0.25, 0.3) is 0 Å². The molecule has 1 aromatic heterocycles. The summed E-state index contributed by atoms with van der Waals surface area (Å²) in [5.41, 5.74) is -2.19. The standard InChI is InChI=1S/C31H31F6N5O4S/c1-46-28(45)25-9-5-11-42(25)27(44)24-8-4-10-41(24)26(43)23(12-17-16-38-22-7-3-2-6-21(17)22)40-29(47)39-20-14-18(30(32,33)34)13-19(15-20)31(35,36)37/h2-3,6-7,13-16,23-25,38H,4-5,8-12H2,1H3,(H2,39,40,47)/t23-,24-,25?/m0/s1. The number of hydrogen-bond donors (Lipinski definition) is 3. The monoisotopic (exact) mass is 683 g/mol. The number of rotatable bonds is 7. The molecule has 252 valence electrons. The predicted molar refractivity (Wildman–Crippen MR) is 163 cm³/mol. The van der Waals surface area contributed by atoms with Crippen LogP contribution in [0.25, 0.3) is 10.9 Å². The van der Waals surface area contributed by atoms with E-state index in [1.54, 1.807) is 12.3 Å². The van der Waals surface area contributed by atoms with Crippen LogP contribution in [0.2, 0.25) is 0 Å². The summed E-state index contributed by atoms with van der Waals surface area (Å²) < 4.78 is 85.6. The number of H-pyrrole nitrogens is 1. The Hall–Kier alpha value is -4.34. The maximum atomic E-state index is 14.2. The molecule has 2 aromatic carbocycles. The molecule has 2 aliphatic rings. The van der Waals surface area contributed by atoms with Crippen LogP contribution in [0.1, 0.15) is 42.4 Å². The molecule has 47 heavy (non-hydrogen) atoms. The maximum Gasteiger partial charge on any atom is 0.416 e. The number of carbonyl (C=O) groups excluding carboxylic acids is 3. The van der Waals surface area contributed by atoms with Gasteiger partial charge in [-0.25, -0.2) is 4.79 Å². The minimum absolute atomic E-state index is 0.000647. The molecule has 9 nitrogen and oxygen atoms in total. The minimum atomic E-state index is -5.07. The Morgan fingerprint density at radius 2 is 1.57 bits per heavy atom. The molecule has 3 atom stereocenters. The summed E-state index contributed by atoms with van der Waals surface area (Å²) in [6, 6.07) is 5.40. The summed E-state index contributed by atoms with van der Waals surface area (Å²) in [7, 11) is 1.23. The summed E-state index contributed by atoms with van der Waals surface area (Å²) in [4.78, 5) is 46.1. The third kappa shape index (κ3) is 7.47. The second-order valence-electron chi connectivity index (χ2n) is 11.4. The molecule has 3 N–H and O–H groups in total. The number of amides is 2. The van der Waals surface area contributed by atoms with Crippen LogP contribution in [0.4, 0.5) is 32.0 Å². The molecule has 0 spiro atoms. The molecular weight excluding hydrogens is 652 g/mol. The Balaban J connectivity index is 1.42. The summed E-state index contributed by atoms with van der Waals surface area (Å²) in [6.07, 6.45) is -6.61. The molecule has 3 heterocycles. The smallest absolute Gasteiger partial charge is 0.416 e. The van der Waals surface area contributed by atoms with E-state index in [9.17, 15) is 40.7 Å². The number of likely N-dealkylation sites (tertiary alicyclic amines) is 2. The lowest BCUT2D eigenvalue weighted by molar-refractivity contribution is -0.154. The van der Waals surface area contributed by atoms with E-state index in [2.05, 4.69) is 15.6 Å². The van der Waals surface area contributed by atoms with Gasteiger partial charge in [-0.3, -0.25) is 9.59 Å². The van der Waals surface area contributed by atoms with Gasteiger partial charge in [-0.2, -0.15) is 26.3 Å². The highest BCUT2D eigenvalue weighted by atomic mass is 32.1. The molecule has 0 radical (unpaired) electrons. The fourth-order valence-electron chi connectivity index (χ4n) is 6.16. The number of carbonyl (C=O) groups is 3. The third-order valence-electron chi connectivity index (χ3n) is 8.38. The average molecular weight is 684 g/mol. The molecular formula is C31H31F6N5O4S. The minimum Gasteiger partial charge on any atom is -0.467 e. The number of aromatic amines is 1. The van der Waals surface area contributed by atoms with Gasteiger partial charge in [0.1, 0.15) is 18.1 Å². The van der Waals surface area contributed by atoms with Crippen LogP contribution >= 0.6 is 12.2 Å². The van der Waals surface area contributed by atoms with Crippen LogP contribution in [0.3, 0.4) is 0 Å². The predicted octanol–water partition coefficient (Wildman–Crippen LogP) is 5.26. The quantitative estimate of drug-likeness (QED) is 0.177. The number of methoxy groups -OCH3 is 1. The van der Waals surface area contributed by atoms with Crippen LogP contribution in [0.15, 0.2) is 48.7 Å². The van der Waals surface area contributed by atoms with Crippen molar-refractivity contribution in [2.75, 3.05) is 25.5 Å². The topological polar surface area (TPSA) is 107 Å². The molecule has 0 bridgehead atoms. The van der Waals surface area contributed by atoms with Crippen LogP contribution in [0.5, 0.6) is 0 Å². The van der Waals surface area contributed by atoms with Gasteiger partial charge in [0.05, 0.1) is 18.2 Å². The second kappa shape index (κ2) is 13.4. The molecule has 3 aromatic rings. The number of aromatic nitrogens is 1. The maximum absolute atomic E-state index is 14.2. The van der Waals surface area contributed by atoms with Crippen molar-refractivity contribution in [1.82, 2.24) is 20.1 Å². The van der Waals surface area contributed by atoms with Crippen molar-refractivity contribution < 1.29 is 45.5 Å². The van der Waals surface area contributed by atoms with Crippen molar-refractivity contribution in [2.45, 2.75) is 62.6 Å². The number of hydrogen-bond acceptors (Lipinski definition) is 5. The lowest BCUT2D eigenvalue weighted by Crippen LogP contribution is -2.56. The van der Waals surface area contributed by atoms with Crippen molar-refractivity contribution in [3.8, 4) is 0 Å². The van der Waals surface area contributed by atoms with Gasteiger partial charge < -0.3 is 30.2 Å². The molecule has 5 rings (SSSR count). The Labute approximate surface area is 270 Å². The lowest BCUT2D eigenvalue weighted by Gasteiger charge is -2.33. The average Bonchev–Trinajstić information content (AvgIpc) is 3.79. The molecule has 16 heteroatoms. The summed E-state index contributed by atoms with van der Waals surface area (Å²) in [6.45, 7) is 0.528. The van der Waals surface area contributed by atoms with Crippen LogP contribution in [-0.4, -0.2) is 76.0 Å². The summed E-state index contributed by atoms with van der Waals surface area (Å²) in [5, 5.41) is 5.54. The summed E-state index contributed by atoms with van der Waals surface area (Å²) >= 11 is 5.31. The second-order valence-corrected chi connectivity index (χ2v) is 11.8. The van der Waals surface area contributed by atoms with Gasteiger partial charge in [0.2, 0.25) is 11.8 Å². The first-order valence-corrected chi connectivity index (χ1v) is 15.2. The fraction of sp³-hybridized carbons (Fsp3) is 0.419. The number of anilines is 1. The normalized spacial score (nSPS) is 19.1. The zero-order valence-electron chi connectivity index (χ0n) is 25.0. The molecule has 1 unspecified atom stereocenters. The Morgan fingerprint density at radius 1 is 0.957 bits per heavy atom. The Bertz CT molecular complexity index is 1640. The Kier molecular flexibility index (Phi) is 9.70. The number of benzene rings is 2. The van der Waals surface area contributed by atoms with Crippen LogP contribution in [0, 0.1) is 0 Å². The van der Waals surface area contributed by atoms with Gasteiger partial charge in [0.15, 0.2) is 5.11 Å². The van der Waals surface area contributed by atoms with E-state index in [1.807, 2.05) is 18.2 Å². The molecule has 2 saturated heterocycles. The van der Waals surface area contributed by atoms with Crippen molar-refractivity contribution in [3.63, 3.8) is 0 Å². The zero-order chi connectivity index (χ0) is 34.1. The molecule has 0 aliphatic carbocycles. The molecule has 2 amide bonds. The van der Waals surface area contributed by atoms with Gasteiger partial charge in [0, 0.05) is 42.3 Å². The van der Waals surface area contributed by atoms with Gasteiger partial charge >= 0.3 is 18.3 Å². The zero-order valence-corrected chi connectivity index (χ0v) is 25.8. The number of halogens is 6. The van der Waals surface area contributed by atoms with E-state index >= 15 is 0 Å². The fourth-order valence-corrected chi connectivity index (χ4v) is 6.42. The van der Waals surface area contributed by atoms with Gasteiger partial charge in [-0.05, 0) is 67.7 Å². The Morgan fingerprint density at radius 3 is 2.21 bits per heavy atom. The van der Waals surface area contributed by atoms with Crippen LogP contribution < -0.4 is 10.6 Å². The van der Waals surface area contributed by atoms with E-state index in [1.165, 1.54) is 16.9 Å². The molecule has 2 aliphatic heterocycles.